The van der Waals surface area contributed by atoms with Crippen LogP contribution >= 0.6 is 0 Å². The second-order valence-electron chi connectivity index (χ2n) is 14.5. The van der Waals surface area contributed by atoms with Crippen molar-refractivity contribution in [1.82, 2.24) is 19.7 Å². The summed E-state index contributed by atoms with van der Waals surface area (Å²) in [5.41, 5.74) is 10.1. The molecule has 0 unspecified atom stereocenters. The van der Waals surface area contributed by atoms with Gasteiger partial charge in [-0.2, -0.15) is 0 Å². The lowest BCUT2D eigenvalue weighted by atomic mass is 9.84. The Hall–Kier alpha value is -7.69. The van der Waals surface area contributed by atoms with Crippen molar-refractivity contribution in [3.63, 3.8) is 0 Å². The summed E-state index contributed by atoms with van der Waals surface area (Å²) in [7, 11) is 0. The van der Waals surface area contributed by atoms with Gasteiger partial charge in [0.1, 0.15) is 0 Å². The zero-order chi connectivity index (χ0) is 37.7. The molecular weight excluding hydrogens is 693 g/mol. The number of rotatable bonds is 6. The summed E-state index contributed by atoms with van der Waals surface area (Å²) < 4.78 is 2.12. The van der Waals surface area contributed by atoms with E-state index in [0.29, 0.717) is 0 Å². The molecule has 57 heavy (non-hydrogen) atoms. The minimum Gasteiger partial charge on any atom is -0.275 e. The molecule has 0 saturated carbocycles. The Balaban J connectivity index is 1.10. The van der Waals surface area contributed by atoms with Crippen LogP contribution in [0.15, 0.2) is 207 Å². The molecule has 0 atom stereocenters. The van der Waals surface area contributed by atoms with Crippen LogP contribution in [0.3, 0.4) is 0 Å². The molecule has 4 nitrogen and oxygen atoms in total. The lowest BCUT2D eigenvalue weighted by Crippen LogP contribution is -2.00. The lowest BCUT2D eigenvalue weighted by molar-refractivity contribution is 1.07. The molecule has 266 valence electrons. The van der Waals surface area contributed by atoms with Crippen LogP contribution in [0.2, 0.25) is 0 Å². The van der Waals surface area contributed by atoms with E-state index in [2.05, 4.69) is 178 Å². The first kappa shape index (κ1) is 32.7. The molecule has 2 aromatic heterocycles. The largest absolute Gasteiger partial charge is 0.275 e. The molecule has 11 rings (SSSR count). The van der Waals surface area contributed by atoms with Gasteiger partial charge in [0.15, 0.2) is 11.6 Å². The Labute approximate surface area is 330 Å². The SMILES string of the molecule is c1ccc(-n2c(-c3ccncc3)nnc2-c2ccc(-c3ccc4c(-c5ccc6ccccc6c5)c5ccccc5c(-c5ccc6ccccc6c5)c4c3)cc2)cc1. The number of fused-ring (bicyclic) bond motifs is 4. The van der Waals surface area contributed by atoms with Crippen LogP contribution < -0.4 is 0 Å². The van der Waals surface area contributed by atoms with Crippen LogP contribution in [0.5, 0.6) is 0 Å². The molecule has 0 fully saturated rings. The minimum atomic E-state index is 0.771. The van der Waals surface area contributed by atoms with Gasteiger partial charge in [0.05, 0.1) is 0 Å². The molecule has 11 aromatic rings. The third-order valence-corrected chi connectivity index (χ3v) is 11.2. The van der Waals surface area contributed by atoms with Gasteiger partial charge < -0.3 is 0 Å². The van der Waals surface area contributed by atoms with Crippen molar-refractivity contribution >= 4 is 43.1 Å². The average molecular weight is 727 g/mol. The van der Waals surface area contributed by atoms with Crippen LogP contribution in [0, 0.1) is 0 Å². The third kappa shape index (κ3) is 5.66. The molecule has 0 aliphatic rings. The van der Waals surface area contributed by atoms with Crippen molar-refractivity contribution in [1.29, 1.82) is 0 Å². The molecule has 0 spiro atoms. The number of hydrogen-bond donors (Lipinski definition) is 0. The molecule has 0 radical (unpaired) electrons. The van der Waals surface area contributed by atoms with Crippen molar-refractivity contribution in [2.45, 2.75) is 0 Å². The summed E-state index contributed by atoms with van der Waals surface area (Å²) in [4.78, 5) is 4.22. The average Bonchev–Trinajstić information content (AvgIpc) is 3.74. The molecule has 9 aromatic carbocycles. The van der Waals surface area contributed by atoms with Gasteiger partial charge >= 0.3 is 0 Å². The molecule has 0 aliphatic heterocycles. The molecule has 0 bridgehead atoms. The van der Waals surface area contributed by atoms with Gasteiger partial charge in [0.2, 0.25) is 0 Å². The van der Waals surface area contributed by atoms with Crippen molar-refractivity contribution in [3.05, 3.63) is 207 Å². The fourth-order valence-corrected chi connectivity index (χ4v) is 8.46. The Bertz CT molecular complexity index is 3280. The van der Waals surface area contributed by atoms with Crippen molar-refractivity contribution < 1.29 is 0 Å². The smallest absolute Gasteiger partial charge is 0.168 e. The van der Waals surface area contributed by atoms with E-state index in [1.165, 1.54) is 65.3 Å². The predicted octanol–water partition coefficient (Wildman–Crippen LogP) is 13.6. The van der Waals surface area contributed by atoms with E-state index in [4.69, 9.17) is 5.10 Å². The second kappa shape index (κ2) is 13.6. The zero-order valence-corrected chi connectivity index (χ0v) is 30.9. The van der Waals surface area contributed by atoms with E-state index in [1.807, 2.05) is 30.3 Å². The molecule has 2 heterocycles. The Morgan fingerprint density at radius 3 is 1.37 bits per heavy atom. The highest BCUT2D eigenvalue weighted by Crippen LogP contribution is 2.46. The number of hydrogen-bond acceptors (Lipinski definition) is 3. The van der Waals surface area contributed by atoms with Gasteiger partial charge in [-0.3, -0.25) is 9.55 Å². The normalized spacial score (nSPS) is 11.5. The van der Waals surface area contributed by atoms with Crippen molar-refractivity contribution in [2.24, 2.45) is 0 Å². The summed E-state index contributed by atoms with van der Waals surface area (Å²) >= 11 is 0. The number of aromatic nitrogens is 4. The number of benzene rings is 9. The molecule has 0 saturated heterocycles. The number of para-hydroxylation sites is 1. The van der Waals surface area contributed by atoms with E-state index in [-0.39, 0.29) is 0 Å². The van der Waals surface area contributed by atoms with Crippen LogP contribution in [0.4, 0.5) is 0 Å². The van der Waals surface area contributed by atoms with Crippen molar-refractivity contribution in [2.75, 3.05) is 0 Å². The molecular formula is C53H34N4. The van der Waals surface area contributed by atoms with Crippen LogP contribution in [-0.4, -0.2) is 19.7 Å². The van der Waals surface area contributed by atoms with E-state index in [0.717, 1.165) is 39.6 Å². The summed E-state index contributed by atoms with van der Waals surface area (Å²) in [5, 5.41) is 19.3. The standard InChI is InChI=1S/C53H34N4/c1-2-14-45(15-3-1)57-52(55-56-53(57)39-28-30-54-31-29-39)38-22-18-37(19-23-38)42-26-27-48-49(34-42)51(44-25-21-36-11-5-7-13-41(36)33-44)47-17-9-8-16-46(47)50(48)43-24-20-35-10-4-6-12-40(35)32-43/h1-34H. The maximum absolute atomic E-state index is 4.73. The monoisotopic (exact) mass is 726 g/mol. The summed E-state index contributed by atoms with van der Waals surface area (Å²) in [6.45, 7) is 0. The first-order valence-electron chi connectivity index (χ1n) is 19.3. The molecule has 0 amide bonds. The van der Waals surface area contributed by atoms with Gasteiger partial charge in [0, 0.05) is 29.2 Å². The fourth-order valence-electron chi connectivity index (χ4n) is 8.46. The Morgan fingerprint density at radius 2 is 0.754 bits per heavy atom. The van der Waals surface area contributed by atoms with Gasteiger partial charge in [-0.1, -0.05) is 152 Å². The van der Waals surface area contributed by atoms with E-state index >= 15 is 0 Å². The predicted molar refractivity (Wildman–Crippen MR) is 236 cm³/mol. The maximum Gasteiger partial charge on any atom is 0.168 e. The zero-order valence-electron chi connectivity index (χ0n) is 30.9. The topological polar surface area (TPSA) is 43.6 Å². The maximum atomic E-state index is 4.73. The molecule has 4 heteroatoms. The first-order chi connectivity index (χ1) is 28.3. The summed E-state index contributed by atoms with van der Waals surface area (Å²) in [6.07, 6.45) is 3.58. The minimum absolute atomic E-state index is 0.771. The van der Waals surface area contributed by atoms with E-state index in [9.17, 15) is 0 Å². The quantitative estimate of drug-likeness (QED) is 0.160. The lowest BCUT2D eigenvalue weighted by Gasteiger charge is -2.19. The summed E-state index contributed by atoms with van der Waals surface area (Å²) in [5.74, 6) is 1.55. The fraction of sp³-hybridized carbons (Fsp3) is 0. The van der Waals surface area contributed by atoms with Gasteiger partial charge in [-0.05, 0) is 119 Å². The molecule has 0 aliphatic carbocycles. The Kier molecular flexibility index (Phi) is 7.78. The van der Waals surface area contributed by atoms with E-state index < -0.39 is 0 Å². The Morgan fingerprint density at radius 1 is 0.298 bits per heavy atom. The highest BCUT2D eigenvalue weighted by atomic mass is 15.3. The van der Waals surface area contributed by atoms with Crippen LogP contribution in [-0.2, 0) is 0 Å². The van der Waals surface area contributed by atoms with E-state index in [1.54, 1.807) is 12.4 Å². The van der Waals surface area contributed by atoms with Gasteiger partial charge in [-0.25, -0.2) is 0 Å². The third-order valence-electron chi connectivity index (χ3n) is 11.2. The van der Waals surface area contributed by atoms with Gasteiger partial charge in [0.25, 0.3) is 0 Å². The van der Waals surface area contributed by atoms with Gasteiger partial charge in [-0.15, -0.1) is 10.2 Å². The summed E-state index contributed by atoms with van der Waals surface area (Å²) in [6, 6.07) is 69.8. The first-order valence-corrected chi connectivity index (χ1v) is 19.3. The van der Waals surface area contributed by atoms with Crippen molar-refractivity contribution in [3.8, 4) is 61.8 Å². The van der Waals surface area contributed by atoms with Crippen LogP contribution in [0.1, 0.15) is 0 Å². The highest BCUT2D eigenvalue weighted by molar-refractivity contribution is 6.22. The van der Waals surface area contributed by atoms with Crippen LogP contribution in [0.25, 0.3) is 105 Å². The molecule has 0 N–H and O–H groups in total. The number of nitrogens with zero attached hydrogens (tertiary/aromatic N) is 4. The number of pyridine rings is 1. The highest BCUT2D eigenvalue weighted by Gasteiger charge is 2.20. The second-order valence-corrected chi connectivity index (χ2v) is 14.5.